The first-order valence-electron chi connectivity index (χ1n) is 8.15. The van der Waals surface area contributed by atoms with Crippen LogP contribution in [0.5, 0.6) is 0 Å². The average Bonchev–Trinajstić information content (AvgIpc) is 2.77. The zero-order chi connectivity index (χ0) is 17.5. The molecule has 3 rings (SSSR count). The number of carbonyl (C=O) groups is 1. The van der Waals surface area contributed by atoms with E-state index in [1.165, 1.54) is 0 Å². The molecule has 130 valence electrons. The number of aryl methyl sites for hydroxylation is 3. The first-order chi connectivity index (χ1) is 11.4. The van der Waals surface area contributed by atoms with Crippen molar-refractivity contribution in [1.29, 1.82) is 0 Å². The van der Waals surface area contributed by atoms with Crippen molar-refractivity contribution in [3.05, 3.63) is 27.2 Å². The van der Waals surface area contributed by atoms with Crippen LogP contribution in [0.2, 0.25) is 0 Å². The molecule has 0 bridgehead atoms. The topological polar surface area (TPSA) is 86.2 Å². The van der Waals surface area contributed by atoms with Gasteiger partial charge in [0.15, 0.2) is 5.65 Å². The average molecular weight is 333 g/mol. The molecule has 1 aliphatic rings. The van der Waals surface area contributed by atoms with Crippen molar-refractivity contribution in [2.45, 2.75) is 33.6 Å². The quantitative estimate of drug-likeness (QED) is 0.836. The van der Waals surface area contributed by atoms with Gasteiger partial charge in [0.1, 0.15) is 6.61 Å². The van der Waals surface area contributed by atoms with Crippen molar-refractivity contribution in [2.24, 2.45) is 12.5 Å². The fourth-order valence-corrected chi connectivity index (χ4v) is 3.12. The van der Waals surface area contributed by atoms with E-state index in [1.54, 1.807) is 11.7 Å². The number of fused-ring (bicyclic) bond motifs is 1. The van der Waals surface area contributed by atoms with Crippen LogP contribution in [0.15, 0.2) is 4.79 Å². The first kappa shape index (κ1) is 16.7. The molecule has 24 heavy (non-hydrogen) atoms. The van der Waals surface area contributed by atoms with Crippen molar-refractivity contribution in [2.75, 3.05) is 19.8 Å². The van der Waals surface area contributed by atoms with Gasteiger partial charge in [0.05, 0.1) is 30.4 Å². The summed E-state index contributed by atoms with van der Waals surface area (Å²) in [6.45, 7) is 7.43. The van der Waals surface area contributed by atoms with Crippen LogP contribution in [0.1, 0.15) is 30.2 Å². The predicted molar refractivity (Wildman–Crippen MR) is 89.0 cm³/mol. The maximum Gasteiger partial charge on any atom is 0.310 e. The molecule has 1 N–H and O–H groups in total. The van der Waals surface area contributed by atoms with Gasteiger partial charge in [-0.15, -0.1) is 0 Å². The molecule has 0 aliphatic carbocycles. The van der Waals surface area contributed by atoms with Crippen molar-refractivity contribution < 1.29 is 14.3 Å². The molecular weight excluding hydrogens is 310 g/mol. The Labute approximate surface area is 139 Å². The lowest BCUT2D eigenvalue weighted by Gasteiger charge is -2.39. The highest BCUT2D eigenvalue weighted by molar-refractivity contribution is 5.82. The fraction of sp³-hybridized carbons (Fsp3) is 0.588. The van der Waals surface area contributed by atoms with E-state index < -0.39 is 0 Å². The Balaban J connectivity index is 1.81. The summed E-state index contributed by atoms with van der Waals surface area (Å²) in [5.41, 5.74) is 2.67. The third kappa shape index (κ3) is 2.73. The van der Waals surface area contributed by atoms with Crippen LogP contribution < -0.4 is 5.56 Å². The highest BCUT2D eigenvalue weighted by Gasteiger charge is 2.38. The molecule has 0 aromatic carbocycles. The molecule has 1 aliphatic heterocycles. The van der Waals surface area contributed by atoms with Gasteiger partial charge in [0, 0.05) is 12.7 Å². The summed E-state index contributed by atoms with van der Waals surface area (Å²) in [6, 6.07) is 0. The molecule has 3 heterocycles. The van der Waals surface area contributed by atoms with Gasteiger partial charge in [0.25, 0.3) is 5.56 Å². The van der Waals surface area contributed by atoms with Crippen molar-refractivity contribution >= 4 is 17.0 Å². The highest BCUT2D eigenvalue weighted by Crippen LogP contribution is 2.31. The fourth-order valence-electron chi connectivity index (χ4n) is 3.12. The van der Waals surface area contributed by atoms with Crippen LogP contribution in [0.4, 0.5) is 0 Å². The van der Waals surface area contributed by atoms with Crippen molar-refractivity contribution in [1.82, 2.24) is 14.8 Å². The summed E-state index contributed by atoms with van der Waals surface area (Å²) in [4.78, 5) is 28.8. The molecule has 7 nitrogen and oxygen atoms in total. The number of nitrogens with zero attached hydrogens (tertiary/aromatic N) is 2. The number of H-pyrrole nitrogens is 1. The second kappa shape index (κ2) is 6.05. The number of aromatic nitrogens is 3. The number of ether oxygens (including phenoxy) is 2. The van der Waals surface area contributed by atoms with E-state index in [9.17, 15) is 9.59 Å². The third-order valence-electron chi connectivity index (χ3n) is 5.00. The zero-order valence-electron chi connectivity index (χ0n) is 14.6. The summed E-state index contributed by atoms with van der Waals surface area (Å²) in [7, 11) is 1.74. The van der Waals surface area contributed by atoms with Crippen molar-refractivity contribution in [3.63, 3.8) is 0 Å². The minimum absolute atomic E-state index is 0.0292. The normalized spacial score (nSPS) is 16.2. The van der Waals surface area contributed by atoms with Gasteiger partial charge >= 0.3 is 5.97 Å². The molecule has 1 saturated heterocycles. The number of hydrogen-bond acceptors (Lipinski definition) is 5. The molecule has 2 aromatic rings. The summed E-state index contributed by atoms with van der Waals surface area (Å²) < 4.78 is 12.3. The van der Waals surface area contributed by atoms with Crippen LogP contribution in [-0.4, -0.2) is 40.6 Å². The Morgan fingerprint density at radius 3 is 2.71 bits per heavy atom. The van der Waals surface area contributed by atoms with E-state index in [0.717, 1.165) is 23.2 Å². The van der Waals surface area contributed by atoms with E-state index >= 15 is 0 Å². The SMILES string of the molecule is CCC1(COC(=O)Cc2c(C)nc3c(c2C)c(=O)[nH]n3C)COC1. The lowest BCUT2D eigenvalue weighted by molar-refractivity contribution is -0.169. The molecule has 2 aromatic heterocycles. The van der Waals surface area contributed by atoms with Gasteiger partial charge in [0.2, 0.25) is 0 Å². The van der Waals surface area contributed by atoms with E-state index in [0.29, 0.717) is 30.9 Å². The maximum absolute atomic E-state index is 12.3. The molecular formula is C17H23N3O4. The Morgan fingerprint density at radius 1 is 1.42 bits per heavy atom. The second-order valence-corrected chi connectivity index (χ2v) is 6.68. The number of nitrogens with one attached hydrogen (secondary N) is 1. The lowest BCUT2D eigenvalue weighted by atomic mass is 9.84. The van der Waals surface area contributed by atoms with Gasteiger partial charge in [-0.1, -0.05) is 6.92 Å². The van der Waals surface area contributed by atoms with E-state index in [-0.39, 0.29) is 23.4 Å². The van der Waals surface area contributed by atoms with Crippen LogP contribution in [0.3, 0.4) is 0 Å². The lowest BCUT2D eigenvalue weighted by Crippen LogP contribution is -2.46. The Hall–Kier alpha value is -2.15. The molecule has 0 saturated carbocycles. The third-order valence-corrected chi connectivity index (χ3v) is 5.00. The van der Waals surface area contributed by atoms with E-state index in [2.05, 4.69) is 17.0 Å². The maximum atomic E-state index is 12.3. The number of pyridine rings is 1. The standard InChI is InChI=1S/C17H23N3O4/c1-5-17(7-23-8-17)9-24-13(21)6-12-10(2)14-15(18-11(12)3)20(4)19-16(14)22/h5-9H2,1-4H3,(H,19,22). The van der Waals surface area contributed by atoms with Crippen LogP contribution >= 0.6 is 0 Å². The predicted octanol–water partition coefficient (Wildman–Crippen LogP) is 1.39. The van der Waals surface area contributed by atoms with Gasteiger partial charge in [-0.25, -0.2) is 4.98 Å². The molecule has 7 heteroatoms. The molecule has 1 fully saturated rings. The molecule has 0 amide bonds. The Kier molecular flexibility index (Phi) is 4.21. The van der Waals surface area contributed by atoms with Gasteiger partial charge in [-0.2, -0.15) is 0 Å². The van der Waals surface area contributed by atoms with Gasteiger partial charge in [-0.3, -0.25) is 19.4 Å². The number of esters is 1. The number of aromatic amines is 1. The largest absolute Gasteiger partial charge is 0.465 e. The summed E-state index contributed by atoms with van der Waals surface area (Å²) >= 11 is 0. The van der Waals surface area contributed by atoms with Gasteiger partial charge < -0.3 is 9.47 Å². The first-order valence-corrected chi connectivity index (χ1v) is 8.15. The smallest absolute Gasteiger partial charge is 0.310 e. The monoisotopic (exact) mass is 333 g/mol. The summed E-state index contributed by atoms with van der Waals surface area (Å²) in [5, 5.41) is 3.23. The minimum Gasteiger partial charge on any atom is -0.465 e. The van der Waals surface area contributed by atoms with Crippen LogP contribution in [0.25, 0.3) is 11.0 Å². The van der Waals surface area contributed by atoms with E-state index in [1.807, 2.05) is 13.8 Å². The number of rotatable bonds is 5. The molecule has 0 spiro atoms. The minimum atomic E-state index is -0.297. The molecule has 0 unspecified atom stereocenters. The van der Waals surface area contributed by atoms with E-state index in [4.69, 9.17) is 9.47 Å². The second-order valence-electron chi connectivity index (χ2n) is 6.68. The summed E-state index contributed by atoms with van der Waals surface area (Å²) in [6.07, 6.45) is 1.04. The van der Waals surface area contributed by atoms with Gasteiger partial charge in [-0.05, 0) is 31.4 Å². The number of hydrogen-bond donors (Lipinski definition) is 1. The number of carbonyl (C=O) groups excluding carboxylic acids is 1. The Bertz CT molecular complexity index is 840. The molecule has 0 atom stereocenters. The van der Waals surface area contributed by atoms with Crippen molar-refractivity contribution in [3.8, 4) is 0 Å². The molecule has 0 radical (unpaired) electrons. The van der Waals surface area contributed by atoms with Crippen LogP contribution in [-0.2, 0) is 27.7 Å². The Morgan fingerprint density at radius 2 is 2.12 bits per heavy atom. The van der Waals surface area contributed by atoms with Crippen LogP contribution in [0, 0.1) is 19.3 Å². The zero-order valence-corrected chi connectivity index (χ0v) is 14.6. The summed E-state index contributed by atoms with van der Waals surface area (Å²) in [5.74, 6) is -0.297. The highest BCUT2D eigenvalue weighted by atomic mass is 16.5.